The first kappa shape index (κ1) is 17.5. The molecule has 7 heteroatoms. The Hall–Kier alpha value is -1.60. The number of rotatable bonds is 6. The normalized spacial score (nSPS) is 12.2. The van der Waals surface area contributed by atoms with Crippen molar-refractivity contribution in [2.45, 2.75) is 32.1 Å². The van der Waals surface area contributed by atoms with E-state index in [1.165, 1.54) is 25.3 Å². The zero-order chi connectivity index (χ0) is 16.3. The van der Waals surface area contributed by atoms with Gasteiger partial charge in [-0.3, -0.25) is 0 Å². The highest BCUT2D eigenvalue weighted by atomic mass is 32.2. The molecule has 118 valence electrons. The summed E-state index contributed by atoms with van der Waals surface area (Å²) in [7, 11) is -2.46. The summed E-state index contributed by atoms with van der Waals surface area (Å²) < 4.78 is 31.6. The molecule has 6 nitrogen and oxygen atoms in total. The Morgan fingerprint density at radius 1 is 1.38 bits per heavy atom. The highest BCUT2D eigenvalue weighted by molar-refractivity contribution is 7.89. The predicted molar refractivity (Wildman–Crippen MR) is 81.5 cm³/mol. The molecule has 0 spiro atoms. The maximum Gasteiger partial charge on any atom is 0.337 e. The largest absolute Gasteiger partial charge is 0.465 e. The Labute approximate surface area is 125 Å². The van der Waals surface area contributed by atoms with Gasteiger partial charge in [0.25, 0.3) is 0 Å². The average Bonchev–Trinajstić information content (AvgIpc) is 2.44. The first-order chi connectivity index (χ1) is 9.63. The number of carbonyl (C=O) groups excluding carboxylic acids is 1. The van der Waals surface area contributed by atoms with Crippen LogP contribution in [0.25, 0.3) is 0 Å². The van der Waals surface area contributed by atoms with Gasteiger partial charge in [-0.25, -0.2) is 17.9 Å². The SMILES string of the molecule is CCC(C)(C)CNS(=O)(=O)c1ccc(C(=O)OC)cc1N. The van der Waals surface area contributed by atoms with Crippen molar-refractivity contribution in [3.05, 3.63) is 23.8 Å². The first-order valence-corrected chi connectivity index (χ1v) is 8.09. The summed E-state index contributed by atoms with van der Waals surface area (Å²) in [4.78, 5) is 11.3. The molecule has 0 aliphatic carbocycles. The lowest BCUT2D eigenvalue weighted by Gasteiger charge is -2.23. The number of methoxy groups -OCH3 is 1. The number of nitrogens with two attached hydrogens (primary N) is 1. The van der Waals surface area contributed by atoms with Gasteiger partial charge in [0.05, 0.1) is 18.4 Å². The number of nitrogen functional groups attached to an aromatic ring is 1. The summed E-state index contributed by atoms with van der Waals surface area (Å²) in [5.74, 6) is -0.564. The smallest absolute Gasteiger partial charge is 0.337 e. The standard InChI is InChI=1S/C14H22N2O4S/c1-5-14(2,3)9-16-21(18,19)12-7-6-10(8-11(12)15)13(17)20-4/h6-8,16H,5,9,15H2,1-4H3. The number of benzene rings is 1. The molecule has 0 atom stereocenters. The molecule has 0 saturated heterocycles. The lowest BCUT2D eigenvalue weighted by molar-refractivity contribution is 0.0600. The third-order valence-electron chi connectivity index (χ3n) is 3.42. The van der Waals surface area contributed by atoms with Gasteiger partial charge in [0, 0.05) is 6.54 Å². The Kier molecular flexibility index (Phi) is 5.36. The van der Waals surface area contributed by atoms with Crippen molar-refractivity contribution >= 4 is 21.7 Å². The van der Waals surface area contributed by atoms with Gasteiger partial charge in [0.2, 0.25) is 10.0 Å². The van der Waals surface area contributed by atoms with Crippen LogP contribution in [-0.4, -0.2) is 28.0 Å². The van der Waals surface area contributed by atoms with Crippen molar-refractivity contribution in [1.82, 2.24) is 4.72 Å². The lowest BCUT2D eigenvalue weighted by atomic mass is 9.91. The monoisotopic (exact) mass is 314 g/mol. The fourth-order valence-electron chi connectivity index (χ4n) is 1.53. The minimum atomic E-state index is -3.71. The third kappa shape index (κ3) is 4.44. The highest BCUT2D eigenvalue weighted by Crippen LogP contribution is 2.23. The van der Waals surface area contributed by atoms with E-state index in [-0.39, 0.29) is 21.6 Å². The van der Waals surface area contributed by atoms with Crippen molar-refractivity contribution < 1.29 is 17.9 Å². The van der Waals surface area contributed by atoms with E-state index in [1.54, 1.807) is 0 Å². The Bertz CT molecular complexity index is 624. The third-order valence-corrected chi connectivity index (χ3v) is 4.89. The first-order valence-electron chi connectivity index (χ1n) is 6.60. The molecular formula is C14H22N2O4S. The van der Waals surface area contributed by atoms with E-state index >= 15 is 0 Å². The quantitative estimate of drug-likeness (QED) is 0.616. The maximum absolute atomic E-state index is 12.3. The van der Waals surface area contributed by atoms with Crippen LogP contribution < -0.4 is 10.5 Å². The number of nitrogens with one attached hydrogen (secondary N) is 1. The van der Waals surface area contributed by atoms with Crippen LogP contribution >= 0.6 is 0 Å². The van der Waals surface area contributed by atoms with Gasteiger partial charge in [-0.1, -0.05) is 20.8 Å². The van der Waals surface area contributed by atoms with E-state index in [0.29, 0.717) is 6.54 Å². The zero-order valence-corrected chi connectivity index (χ0v) is 13.6. The van der Waals surface area contributed by atoms with Crippen LogP contribution in [0.1, 0.15) is 37.6 Å². The molecule has 0 bridgehead atoms. The number of hydrogen-bond acceptors (Lipinski definition) is 5. The van der Waals surface area contributed by atoms with Crippen LogP contribution in [0.3, 0.4) is 0 Å². The molecule has 0 radical (unpaired) electrons. The molecule has 1 aromatic rings. The number of anilines is 1. The van der Waals surface area contributed by atoms with Crippen LogP contribution in [0.2, 0.25) is 0 Å². The van der Waals surface area contributed by atoms with E-state index in [0.717, 1.165) is 6.42 Å². The zero-order valence-electron chi connectivity index (χ0n) is 12.8. The van der Waals surface area contributed by atoms with Gasteiger partial charge >= 0.3 is 5.97 Å². The van der Waals surface area contributed by atoms with E-state index < -0.39 is 16.0 Å². The molecule has 0 unspecified atom stereocenters. The van der Waals surface area contributed by atoms with E-state index in [9.17, 15) is 13.2 Å². The van der Waals surface area contributed by atoms with Crippen LogP contribution in [0.15, 0.2) is 23.1 Å². The Morgan fingerprint density at radius 2 is 2.00 bits per heavy atom. The molecule has 1 aromatic carbocycles. The predicted octanol–water partition coefficient (Wildman–Crippen LogP) is 1.77. The summed E-state index contributed by atoms with van der Waals surface area (Å²) in [6.45, 7) is 6.25. The second-order valence-corrected chi connectivity index (χ2v) is 7.32. The topological polar surface area (TPSA) is 98.5 Å². The van der Waals surface area contributed by atoms with Crippen LogP contribution in [0.4, 0.5) is 5.69 Å². The van der Waals surface area contributed by atoms with Crippen LogP contribution in [0, 0.1) is 5.41 Å². The van der Waals surface area contributed by atoms with E-state index in [1.807, 2.05) is 20.8 Å². The average molecular weight is 314 g/mol. The number of hydrogen-bond donors (Lipinski definition) is 2. The minimum Gasteiger partial charge on any atom is -0.465 e. The van der Waals surface area contributed by atoms with Gasteiger partial charge in [0.1, 0.15) is 4.90 Å². The van der Waals surface area contributed by atoms with Crippen molar-refractivity contribution in [1.29, 1.82) is 0 Å². The summed E-state index contributed by atoms with van der Waals surface area (Å²) in [6.07, 6.45) is 0.840. The van der Waals surface area contributed by atoms with Crippen molar-refractivity contribution in [3.63, 3.8) is 0 Å². The van der Waals surface area contributed by atoms with Gasteiger partial charge < -0.3 is 10.5 Å². The molecule has 0 aliphatic rings. The van der Waals surface area contributed by atoms with Crippen molar-refractivity contribution in [2.24, 2.45) is 5.41 Å². The summed E-state index contributed by atoms with van der Waals surface area (Å²) in [5, 5.41) is 0. The summed E-state index contributed by atoms with van der Waals surface area (Å²) >= 11 is 0. The number of ether oxygens (including phenoxy) is 1. The fraction of sp³-hybridized carbons (Fsp3) is 0.500. The minimum absolute atomic E-state index is 0.0136. The summed E-state index contributed by atoms with van der Waals surface area (Å²) in [5.41, 5.74) is 5.82. The fourth-order valence-corrected chi connectivity index (χ4v) is 2.88. The second kappa shape index (κ2) is 6.44. The van der Waals surface area contributed by atoms with Gasteiger partial charge in [-0.05, 0) is 30.0 Å². The Balaban J connectivity index is 3.02. The molecule has 0 amide bonds. The molecular weight excluding hydrogens is 292 g/mol. The number of sulfonamides is 1. The van der Waals surface area contributed by atoms with Gasteiger partial charge in [0.15, 0.2) is 0 Å². The van der Waals surface area contributed by atoms with Crippen LogP contribution in [-0.2, 0) is 14.8 Å². The molecule has 0 aliphatic heterocycles. The van der Waals surface area contributed by atoms with Gasteiger partial charge in [-0.15, -0.1) is 0 Å². The number of carbonyl (C=O) groups is 1. The van der Waals surface area contributed by atoms with Crippen molar-refractivity contribution in [3.8, 4) is 0 Å². The molecule has 21 heavy (non-hydrogen) atoms. The number of esters is 1. The molecule has 3 N–H and O–H groups in total. The second-order valence-electron chi connectivity index (χ2n) is 5.59. The highest BCUT2D eigenvalue weighted by Gasteiger charge is 2.23. The van der Waals surface area contributed by atoms with Crippen LogP contribution in [0.5, 0.6) is 0 Å². The lowest BCUT2D eigenvalue weighted by Crippen LogP contribution is -2.34. The Morgan fingerprint density at radius 3 is 2.48 bits per heavy atom. The van der Waals surface area contributed by atoms with Crippen molar-refractivity contribution in [2.75, 3.05) is 19.4 Å². The van der Waals surface area contributed by atoms with E-state index in [4.69, 9.17) is 5.73 Å². The molecule has 1 rings (SSSR count). The summed E-state index contributed by atoms with van der Waals surface area (Å²) in [6, 6.07) is 3.98. The molecule has 0 aromatic heterocycles. The van der Waals surface area contributed by atoms with Gasteiger partial charge in [-0.2, -0.15) is 0 Å². The van der Waals surface area contributed by atoms with E-state index in [2.05, 4.69) is 9.46 Å². The molecule has 0 heterocycles. The maximum atomic E-state index is 12.3. The molecule has 0 fully saturated rings. The molecule has 0 saturated carbocycles.